The first-order valence-electron chi connectivity index (χ1n) is 10.7. The first-order chi connectivity index (χ1) is 15.8. The van der Waals surface area contributed by atoms with Crippen molar-refractivity contribution in [1.82, 2.24) is 10.2 Å². The molecule has 0 radical (unpaired) electrons. The maximum absolute atomic E-state index is 13.5. The fraction of sp³-hybridized carbons (Fsp3) is 0.375. The number of nitrogens with one attached hydrogen (secondary N) is 1. The second-order valence-electron chi connectivity index (χ2n) is 8.08. The highest BCUT2D eigenvalue weighted by molar-refractivity contribution is 5.96. The minimum atomic E-state index is -1.38. The molecule has 1 aliphatic heterocycles. The van der Waals surface area contributed by atoms with Crippen molar-refractivity contribution in [3.63, 3.8) is 0 Å². The molecule has 2 aromatic rings. The Morgan fingerprint density at radius 1 is 1.15 bits per heavy atom. The lowest BCUT2D eigenvalue weighted by Gasteiger charge is -2.29. The van der Waals surface area contributed by atoms with Crippen LogP contribution in [0.4, 0.5) is 9.59 Å². The molecule has 2 aromatic carbocycles. The van der Waals surface area contributed by atoms with E-state index in [2.05, 4.69) is 5.32 Å². The molecule has 3 atom stereocenters. The van der Waals surface area contributed by atoms with Gasteiger partial charge in [-0.05, 0) is 37.0 Å². The molecule has 1 saturated heterocycles. The van der Waals surface area contributed by atoms with E-state index in [9.17, 15) is 19.5 Å². The Labute approximate surface area is 191 Å². The Morgan fingerprint density at radius 3 is 2.52 bits per heavy atom. The van der Waals surface area contributed by atoms with Gasteiger partial charge in [0, 0.05) is 6.54 Å². The molecule has 33 heavy (non-hydrogen) atoms. The number of benzene rings is 2. The summed E-state index contributed by atoms with van der Waals surface area (Å²) < 4.78 is 10.9. The smallest absolute Gasteiger partial charge is 0.417 e. The topological polar surface area (TPSA) is 125 Å². The molecule has 0 saturated carbocycles. The molecule has 3 amide bonds. The first-order valence-corrected chi connectivity index (χ1v) is 10.7. The Bertz CT molecular complexity index is 980. The number of carbonyl (C=O) groups excluding carboxylic acids is 2. The van der Waals surface area contributed by atoms with Crippen molar-refractivity contribution in [3.8, 4) is 0 Å². The summed E-state index contributed by atoms with van der Waals surface area (Å²) in [6, 6.07) is 15.5. The van der Waals surface area contributed by atoms with E-state index in [4.69, 9.17) is 14.6 Å². The zero-order chi connectivity index (χ0) is 24.0. The highest BCUT2D eigenvalue weighted by Gasteiger charge is 2.44. The van der Waals surface area contributed by atoms with Gasteiger partial charge in [-0.2, -0.15) is 0 Å². The summed E-state index contributed by atoms with van der Waals surface area (Å²) in [5.41, 5.74) is 1.91. The summed E-state index contributed by atoms with van der Waals surface area (Å²) in [6.45, 7) is 3.55. The third kappa shape index (κ3) is 6.30. The third-order valence-corrected chi connectivity index (χ3v) is 5.20. The summed E-state index contributed by atoms with van der Waals surface area (Å²) in [5, 5.41) is 22.1. The van der Waals surface area contributed by atoms with E-state index >= 15 is 0 Å². The van der Waals surface area contributed by atoms with Crippen molar-refractivity contribution in [3.05, 3.63) is 71.3 Å². The number of rotatable bonds is 9. The Kier molecular flexibility index (Phi) is 8.02. The van der Waals surface area contributed by atoms with E-state index in [1.165, 1.54) is 0 Å². The summed E-state index contributed by atoms with van der Waals surface area (Å²) in [5.74, 6) is -0.686. The van der Waals surface area contributed by atoms with Crippen molar-refractivity contribution in [2.75, 3.05) is 6.61 Å². The second kappa shape index (κ2) is 10.9. The molecule has 3 N–H and O–H groups in total. The van der Waals surface area contributed by atoms with Crippen molar-refractivity contribution >= 4 is 18.1 Å². The normalized spacial score (nSPS) is 17.5. The molecule has 1 aliphatic rings. The number of hydrogen-bond donors (Lipinski definition) is 3. The van der Waals surface area contributed by atoms with Gasteiger partial charge in [0.1, 0.15) is 12.7 Å². The second-order valence-corrected chi connectivity index (χ2v) is 8.08. The molecule has 0 aromatic heterocycles. The van der Waals surface area contributed by atoms with Crippen LogP contribution in [0.5, 0.6) is 0 Å². The summed E-state index contributed by atoms with van der Waals surface area (Å²) in [6.07, 6.45) is -4.66. The van der Waals surface area contributed by atoms with Crippen LogP contribution in [0.3, 0.4) is 0 Å². The van der Waals surface area contributed by atoms with Gasteiger partial charge in [0.05, 0.1) is 12.1 Å². The summed E-state index contributed by atoms with van der Waals surface area (Å²) in [7, 11) is 0. The van der Waals surface area contributed by atoms with E-state index < -0.39 is 42.4 Å². The van der Waals surface area contributed by atoms with Crippen LogP contribution in [0, 0.1) is 0 Å². The maximum Gasteiger partial charge on any atom is 0.417 e. The lowest BCUT2D eigenvalue weighted by Crippen LogP contribution is -2.49. The predicted octanol–water partition coefficient (Wildman–Crippen LogP) is 2.87. The lowest BCUT2D eigenvalue weighted by molar-refractivity contribution is -0.154. The highest BCUT2D eigenvalue weighted by atomic mass is 16.6. The van der Waals surface area contributed by atoms with Crippen LogP contribution in [0.25, 0.3) is 0 Å². The van der Waals surface area contributed by atoms with E-state index in [0.717, 1.165) is 10.5 Å². The van der Waals surface area contributed by atoms with Crippen molar-refractivity contribution in [2.45, 2.75) is 51.2 Å². The van der Waals surface area contributed by atoms with Crippen LogP contribution in [0.15, 0.2) is 54.6 Å². The Hall–Kier alpha value is -3.43. The van der Waals surface area contributed by atoms with Crippen LogP contribution in [0.1, 0.15) is 36.6 Å². The molecule has 1 heterocycles. The molecule has 9 nitrogen and oxygen atoms in total. The molecule has 176 valence electrons. The molecule has 9 heteroatoms. The lowest BCUT2D eigenvalue weighted by atomic mass is 9.99. The van der Waals surface area contributed by atoms with Crippen molar-refractivity contribution in [1.29, 1.82) is 0 Å². The van der Waals surface area contributed by atoms with Gasteiger partial charge in [-0.15, -0.1) is 0 Å². The number of carboxylic acid groups (broad SMARTS) is 1. The van der Waals surface area contributed by atoms with Crippen LogP contribution in [0.2, 0.25) is 0 Å². The number of imide groups is 1. The van der Waals surface area contributed by atoms with Crippen molar-refractivity contribution in [2.24, 2.45) is 0 Å². The van der Waals surface area contributed by atoms with E-state index in [1.807, 2.05) is 30.3 Å². The number of aliphatic hydroxyl groups is 1. The number of cyclic esters (lactones) is 1. The number of amides is 3. The number of carbonyl (C=O) groups is 3. The minimum Gasteiger partial charge on any atom is -0.465 e. The fourth-order valence-electron chi connectivity index (χ4n) is 3.70. The number of nitrogens with zero attached hydrogens (tertiary/aromatic N) is 1. The van der Waals surface area contributed by atoms with Gasteiger partial charge in [-0.3, -0.25) is 4.79 Å². The molecule has 0 aliphatic carbocycles. The Balaban J connectivity index is 1.83. The van der Waals surface area contributed by atoms with Crippen LogP contribution < -0.4 is 5.32 Å². The SMILES string of the molecule is CC(C)O[C@H](C(=O)N1C(=O)OC[C@@H]1Cc1ccccc1)[C@H](O)c1cccc(CNC(=O)O)c1. The van der Waals surface area contributed by atoms with Gasteiger partial charge in [-0.1, -0.05) is 54.6 Å². The Morgan fingerprint density at radius 2 is 1.85 bits per heavy atom. The van der Waals surface area contributed by atoms with Crippen LogP contribution in [-0.4, -0.2) is 58.1 Å². The largest absolute Gasteiger partial charge is 0.465 e. The van der Waals surface area contributed by atoms with E-state index in [-0.39, 0.29) is 13.2 Å². The third-order valence-electron chi connectivity index (χ3n) is 5.20. The average Bonchev–Trinajstić information content (AvgIpc) is 3.15. The molecular formula is C24H28N2O7. The van der Waals surface area contributed by atoms with Gasteiger partial charge < -0.3 is 25.0 Å². The molecule has 0 spiro atoms. The zero-order valence-corrected chi connectivity index (χ0v) is 18.5. The fourth-order valence-corrected chi connectivity index (χ4v) is 3.70. The molecule has 0 unspecified atom stereocenters. The van der Waals surface area contributed by atoms with Gasteiger partial charge >= 0.3 is 12.2 Å². The van der Waals surface area contributed by atoms with Gasteiger partial charge in [0.2, 0.25) is 0 Å². The van der Waals surface area contributed by atoms with Crippen LogP contribution >= 0.6 is 0 Å². The molecular weight excluding hydrogens is 428 g/mol. The summed E-state index contributed by atoms with van der Waals surface area (Å²) in [4.78, 5) is 37.7. The van der Waals surface area contributed by atoms with E-state index in [1.54, 1.807) is 38.1 Å². The number of hydrogen-bond acceptors (Lipinski definition) is 6. The quantitative estimate of drug-likeness (QED) is 0.530. The predicted molar refractivity (Wildman–Crippen MR) is 118 cm³/mol. The number of aliphatic hydroxyl groups excluding tert-OH is 1. The molecule has 3 rings (SSSR count). The van der Waals surface area contributed by atoms with Gasteiger partial charge in [0.25, 0.3) is 5.91 Å². The minimum absolute atomic E-state index is 0.0388. The van der Waals surface area contributed by atoms with E-state index in [0.29, 0.717) is 17.5 Å². The molecule has 1 fully saturated rings. The zero-order valence-electron chi connectivity index (χ0n) is 18.5. The number of ether oxygens (including phenoxy) is 2. The van der Waals surface area contributed by atoms with Crippen LogP contribution in [-0.2, 0) is 27.2 Å². The standard InChI is InChI=1S/C24H28N2O7/c1-15(2)33-21(20(27)18-10-6-9-17(11-18)13-25-23(29)30)22(28)26-19(14-32-24(26)31)12-16-7-4-3-5-8-16/h3-11,15,19-21,25,27H,12-14H2,1-2H3,(H,29,30)/t19-,20+,21-/m0/s1. The first kappa shape index (κ1) is 24.2. The molecule has 0 bridgehead atoms. The monoisotopic (exact) mass is 456 g/mol. The maximum atomic E-state index is 13.5. The van der Waals surface area contributed by atoms with Gasteiger partial charge in [0.15, 0.2) is 6.10 Å². The van der Waals surface area contributed by atoms with Gasteiger partial charge in [-0.25, -0.2) is 14.5 Å². The average molecular weight is 456 g/mol. The summed E-state index contributed by atoms with van der Waals surface area (Å²) >= 11 is 0. The van der Waals surface area contributed by atoms with Crippen molar-refractivity contribution < 1.29 is 34.1 Å². The highest BCUT2D eigenvalue weighted by Crippen LogP contribution is 2.27.